The highest BCUT2D eigenvalue weighted by Gasteiger charge is 1.95. The lowest BCUT2D eigenvalue weighted by Gasteiger charge is -2.10. The lowest BCUT2D eigenvalue weighted by molar-refractivity contribution is 0.261. The van der Waals surface area contributed by atoms with Crippen molar-refractivity contribution in [1.82, 2.24) is 4.90 Å². The number of ether oxygens (including phenoxy) is 1. The molecule has 3 heteroatoms. The van der Waals surface area contributed by atoms with Crippen molar-refractivity contribution in [3.8, 4) is 11.8 Å². The first-order valence-corrected chi connectivity index (χ1v) is 5.50. The van der Waals surface area contributed by atoms with Crippen LogP contribution in [0, 0.1) is 11.3 Å². The molecule has 0 amide bonds. The van der Waals surface area contributed by atoms with E-state index in [4.69, 9.17) is 10.00 Å². The number of nitrogens with zero attached hydrogens (tertiary/aromatic N) is 2. The summed E-state index contributed by atoms with van der Waals surface area (Å²) >= 11 is 0. The van der Waals surface area contributed by atoms with Crippen molar-refractivity contribution in [3.05, 3.63) is 29.8 Å². The molecule has 0 saturated heterocycles. The van der Waals surface area contributed by atoms with Gasteiger partial charge in [-0.05, 0) is 38.4 Å². The third-order valence-electron chi connectivity index (χ3n) is 1.79. The molecule has 0 fully saturated rings. The van der Waals surface area contributed by atoms with Crippen LogP contribution in [0.1, 0.15) is 19.4 Å². The summed E-state index contributed by atoms with van der Waals surface area (Å²) in [6.45, 7) is 5.55. The van der Waals surface area contributed by atoms with Crippen LogP contribution in [0.4, 0.5) is 0 Å². The lowest BCUT2D eigenvalue weighted by Crippen LogP contribution is -2.19. The fraction of sp³-hybridized carbons (Fsp3) is 0.462. The van der Waals surface area contributed by atoms with Gasteiger partial charge in [-0.3, -0.25) is 0 Å². The van der Waals surface area contributed by atoms with E-state index in [0.717, 1.165) is 12.3 Å². The third-order valence-corrected chi connectivity index (χ3v) is 1.79. The number of benzene rings is 1. The maximum Gasteiger partial charge on any atom is 0.119 e. The van der Waals surface area contributed by atoms with Gasteiger partial charge in [0.05, 0.1) is 11.6 Å². The Balaban J connectivity index is 0.00000106. The summed E-state index contributed by atoms with van der Waals surface area (Å²) in [5, 5.41) is 8.58. The van der Waals surface area contributed by atoms with Crippen molar-refractivity contribution >= 4 is 0 Å². The number of rotatable bonds is 4. The highest BCUT2D eigenvalue weighted by Crippen LogP contribution is 2.11. The van der Waals surface area contributed by atoms with Crippen molar-refractivity contribution in [2.24, 2.45) is 0 Å². The first kappa shape index (κ1) is 14.5. The maximum atomic E-state index is 8.58. The van der Waals surface area contributed by atoms with Crippen LogP contribution < -0.4 is 4.74 Å². The van der Waals surface area contributed by atoms with Gasteiger partial charge in [-0.1, -0.05) is 13.8 Å². The van der Waals surface area contributed by atoms with Gasteiger partial charge in [-0.15, -0.1) is 0 Å². The topological polar surface area (TPSA) is 36.3 Å². The molecule has 0 heterocycles. The number of hydrogen-bond acceptors (Lipinski definition) is 3. The summed E-state index contributed by atoms with van der Waals surface area (Å²) in [4.78, 5) is 2.06. The molecule has 0 bridgehead atoms. The molecule has 0 N–H and O–H groups in total. The zero-order valence-electron chi connectivity index (χ0n) is 10.5. The predicted octanol–water partition coefficient (Wildman–Crippen LogP) is 2.52. The van der Waals surface area contributed by atoms with Crippen molar-refractivity contribution in [2.75, 3.05) is 27.2 Å². The Hall–Kier alpha value is -1.53. The molecule has 0 aliphatic carbocycles. The van der Waals surface area contributed by atoms with Crippen LogP contribution in [0.15, 0.2) is 24.3 Å². The van der Waals surface area contributed by atoms with Gasteiger partial charge < -0.3 is 9.64 Å². The van der Waals surface area contributed by atoms with Gasteiger partial charge in [0, 0.05) is 6.54 Å². The fourth-order valence-corrected chi connectivity index (χ4v) is 0.972. The van der Waals surface area contributed by atoms with Gasteiger partial charge in [0.2, 0.25) is 0 Å². The Kier molecular flexibility index (Phi) is 7.92. The first-order chi connectivity index (χ1) is 7.72. The van der Waals surface area contributed by atoms with E-state index in [-0.39, 0.29) is 0 Å². The summed E-state index contributed by atoms with van der Waals surface area (Å²) in [5.41, 5.74) is 0.657. The van der Waals surface area contributed by atoms with Crippen molar-refractivity contribution in [1.29, 1.82) is 5.26 Å². The summed E-state index contributed by atoms with van der Waals surface area (Å²) < 4.78 is 5.47. The molecule has 1 aromatic carbocycles. The third kappa shape index (κ3) is 6.05. The molecule has 1 aromatic rings. The summed E-state index contributed by atoms with van der Waals surface area (Å²) in [7, 11) is 4.00. The standard InChI is InChI=1S/C11H14N2O.C2H6/c1-13(2)7-8-14-11-5-3-10(9-12)4-6-11;1-2/h3-6H,7-8H2,1-2H3;1-2H3. The Labute approximate surface area is 98.3 Å². The van der Waals surface area contributed by atoms with E-state index in [0.29, 0.717) is 12.2 Å². The van der Waals surface area contributed by atoms with E-state index in [1.165, 1.54) is 0 Å². The Morgan fingerprint density at radius 3 is 2.19 bits per heavy atom. The average molecular weight is 220 g/mol. The van der Waals surface area contributed by atoms with E-state index in [1.807, 2.05) is 40.1 Å². The molecule has 88 valence electrons. The molecule has 16 heavy (non-hydrogen) atoms. The van der Waals surface area contributed by atoms with Crippen molar-refractivity contribution in [2.45, 2.75) is 13.8 Å². The van der Waals surface area contributed by atoms with Crippen LogP contribution in [0.5, 0.6) is 5.75 Å². The average Bonchev–Trinajstić information content (AvgIpc) is 2.32. The van der Waals surface area contributed by atoms with Crippen LogP contribution in [-0.2, 0) is 0 Å². The largest absolute Gasteiger partial charge is 0.492 e. The van der Waals surface area contributed by atoms with Crippen LogP contribution in [0.3, 0.4) is 0 Å². The molecule has 0 aliphatic heterocycles. The minimum Gasteiger partial charge on any atom is -0.492 e. The highest BCUT2D eigenvalue weighted by molar-refractivity contribution is 5.34. The van der Waals surface area contributed by atoms with E-state index >= 15 is 0 Å². The fourth-order valence-electron chi connectivity index (χ4n) is 0.972. The normalized spacial score (nSPS) is 9.00. The van der Waals surface area contributed by atoms with Crippen LogP contribution >= 0.6 is 0 Å². The highest BCUT2D eigenvalue weighted by atomic mass is 16.5. The monoisotopic (exact) mass is 220 g/mol. The Bertz CT molecular complexity index is 312. The van der Waals surface area contributed by atoms with E-state index in [2.05, 4.69) is 11.0 Å². The van der Waals surface area contributed by atoms with Crippen LogP contribution in [-0.4, -0.2) is 32.1 Å². The molecule has 0 aromatic heterocycles. The number of hydrogen-bond donors (Lipinski definition) is 0. The minimum atomic E-state index is 0.657. The predicted molar refractivity (Wildman–Crippen MR) is 66.6 cm³/mol. The van der Waals surface area contributed by atoms with E-state index in [1.54, 1.807) is 12.1 Å². The molecule has 0 atom stereocenters. The molecular weight excluding hydrogens is 200 g/mol. The number of nitriles is 1. The zero-order valence-corrected chi connectivity index (χ0v) is 10.5. The van der Waals surface area contributed by atoms with Crippen molar-refractivity contribution < 1.29 is 4.74 Å². The summed E-state index contributed by atoms with van der Waals surface area (Å²) in [6, 6.07) is 9.20. The van der Waals surface area contributed by atoms with Gasteiger partial charge in [-0.25, -0.2) is 0 Å². The SMILES string of the molecule is CC.CN(C)CCOc1ccc(C#N)cc1. The van der Waals surface area contributed by atoms with Crippen molar-refractivity contribution in [3.63, 3.8) is 0 Å². The molecule has 3 nitrogen and oxygen atoms in total. The molecule has 0 aliphatic rings. The smallest absolute Gasteiger partial charge is 0.119 e. The van der Waals surface area contributed by atoms with E-state index < -0.39 is 0 Å². The first-order valence-electron chi connectivity index (χ1n) is 5.50. The van der Waals surface area contributed by atoms with Crippen LogP contribution in [0.2, 0.25) is 0 Å². The minimum absolute atomic E-state index is 0.657. The quantitative estimate of drug-likeness (QED) is 0.782. The van der Waals surface area contributed by atoms with Gasteiger partial charge in [0.15, 0.2) is 0 Å². The van der Waals surface area contributed by atoms with Gasteiger partial charge in [-0.2, -0.15) is 5.26 Å². The second-order valence-corrected chi connectivity index (χ2v) is 3.29. The molecule has 1 rings (SSSR count). The number of likely N-dealkylation sites (N-methyl/N-ethyl adjacent to an activating group) is 1. The Morgan fingerprint density at radius 2 is 1.75 bits per heavy atom. The van der Waals surface area contributed by atoms with Gasteiger partial charge in [0.25, 0.3) is 0 Å². The van der Waals surface area contributed by atoms with Crippen LogP contribution in [0.25, 0.3) is 0 Å². The maximum absolute atomic E-state index is 8.58. The zero-order chi connectivity index (χ0) is 12.4. The molecule has 0 saturated carbocycles. The second-order valence-electron chi connectivity index (χ2n) is 3.29. The van der Waals surface area contributed by atoms with Gasteiger partial charge >= 0.3 is 0 Å². The lowest BCUT2D eigenvalue weighted by atomic mass is 10.2. The second kappa shape index (κ2) is 8.75. The molecule has 0 radical (unpaired) electrons. The summed E-state index contributed by atoms with van der Waals surface area (Å²) in [6.07, 6.45) is 0. The molecule has 0 unspecified atom stereocenters. The molecular formula is C13H20N2O. The van der Waals surface area contributed by atoms with E-state index in [9.17, 15) is 0 Å². The Morgan fingerprint density at radius 1 is 1.19 bits per heavy atom. The molecule has 0 spiro atoms. The van der Waals surface area contributed by atoms with Gasteiger partial charge in [0.1, 0.15) is 12.4 Å². The summed E-state index contributed by atoms with van der Waals surface area (Å²) in [5.74, 6) is 0.811.